The zero-order valence-corrected chi connectivity index (χ0v) is 8.10. The van der Waals surface area contributed by atoms with Gasteiger partial charge in [-0.1, -0.05) is 11.6 Å². The Bertz CT molecular complexity index is 473. The van der Waals surface area contributed by atoms with E-state index in [-0.39, 0.29) is 16.4 Å². The van der Waals surface area contributed by atoms with Crippen molar-refractivity contribution >= 4 is 28.9 Å². The van der Waals surface area contributed by atoms with Crippen molar-refractivity contribution in [3.8, 4) is 0 Å². The van der Waals surface area contributed by atoms with Crippen LogP contribution >= 0.6 is 11.6 Å². The molecule has 1 aliphatic rings. The maximum atomic E-state index is 13.0. The number of amides is 1. The molecule has 1 heterocycles. The fraction of sp³-hybridized carbons (Fsp3) is 0. The van der Waals surface area contributed by atoms with E-state index in [1.54, 1.807) is 0 Å². The number of aliphatic hydroxyl groups is 1. The Hall–Kier alpha value is -1.75. The molecule has 0 bridgehead atoms. The Morgan fingerprint density at radius 1 is 1.33 bits per heavy atom. The van der Waals surface area contributed by atoms with Crippen LogP contribution in [0.5, 0.6) is 0 Å². The molecule has 0 atom stereocenters. The second-order valence-corrected chi connectivity index (χ2v) is 3.34. The van der Waals surface area contributed by atoms with Gasteiger partial charge in [-0.3, -0.25) is 4.79 Å². The SMILES string of the molecule is O=C1Nc2cc(F)c(Cl)cc2NC1=CO. The lowest BCUT2D eigenvalue weighted by atomic mass is 10.2. The van der Waals surface area contributed by atoms with Crippen molar-refractivity contribution < 1.29 is 14.3 Å². The summed E-state index contributed by atoms with van der Waals surface area (Å²) >= 11 is 5.56. The Morgan fingerprint density at radius 2 is 2.00 bits per heavy atom. The maximum absolute atomic E-state index is 13.0. The predicted molar refractivity (Wildman–Crippen MR) is 54.4 cm³/mol. The summed E-state index contributed by atoms with van der Waals surface area (Å²) < 4.78 is 13.0. The van der Waals surface area contributed by atoms with Crippen LogP contribution in [0, 0.1) is 5.82 Å². The van der Waals surface area contributed by atoms with Gasteiger partial charge >= 0.3 is 0 Å². The first kappa shape index (κ1) is 9.79. The van der Waals surface area contributed by atoms with Gasteiger partial charge in [0.2, 0.25) is 0 Å². The molecule has 0 fully saturated rings. The van der Waals surface area contributed by atoms with E-state index in [0.717, 1.165) is 6.07 Å². The van der Waals surface area contributed by atoms with Gasteiger partial charge in [0.25, 0.3) is 5.91 Å². The van der Waals surface area contributed by atoms with Gasteiger partial charge in [-0.25, -0.2) is 4.39 Å². The van der Waals surface area contributed by atoms with E-state index in [1.807, 2.05) is 0 Å². The average molecular weight is 229 g/mol. The van der Waals surface area contributed by atoms with Gasteiger partial charge in [0.1, 0.15) is 17.8 Å². The molecular formula is C9H6ClFN2O2. The van der Waals surface area contributed by atoms with E-state index in [0.29, 0.717) is 11.9 Å². The van der Waals surface area contributed by atoms with E-state index in [2.05, 4.69) is 10.6 Å². The minimum Gasteiger partial charge on any atom is -0.513 e. The predicted octanol–water partition coefficient (Wildman–Crippen LogP) is 2.24. The second kappa shape index (κ2) is 3.43. The van der Waals surface area contributed by atoms with Crippen molar-refractivity contribution in [3.63, 3.8) is 0 Å². The Labute approximate surface area is 89.4 Å². The third-order valence-corrected chi connectivity index (χ3v) is 2.24. The largest absolute Gasteiger partial charge is 0.513 e. The molecule has 1 amide bonds. The van der Waals surface area contributed by atoms with Crippen LogP contribution in [0.25, 0.3) is 0 Å². The number of fused-ring (bicyclic) bond motifs is 1. The van der Waals surface area contributed by atoms with E-state index < -0.39 is 11.7 Å². The van der Waals surface area contributed by atoms with Crippen molar-refractivity contribution in [2.24, 2.45) is 0 Å². The van der Waals surface area contributed by atoms with Gasteiger partial charge in [0, 0.05) is 6.07 Å². The highest BCUT2D eigenvalue weighted by Crippen LogP contribution is 2.32. The molecule has 0 spiro atoms. The van der Waals surface area contributed by atoms with Crippen molar-refractivity contribution in [1.29, 1.82) is 0 Å². The molecule has 6 heteroatoms. The second-order valence-electron chi connectivity index (χ2n) is 2.93. The Morgan fingerprint density at radius 3 is 2.67 bits per heavy atom. The number of aliphatic hydroxyl groups excluding tert-OH is 1. The number of halogens is 2. The standard InChI is InChI=1S/C9H6ClFN2O2/c10-4-1-6-7(2-5(4)11)13-9(15)8(3-14)12-6/h1-3,12,14H,(H,13,15). The first-order valence-corrected chi connectivity index (χ1v) is 4.41. The Balaban J connectivity index is 2.50. The molecule has 3 N–H and O–H groups in total. The minimum atomic E-state index is -0.617. The summed E-state index contributed by atoms with van der Waals surface area (Å²) in [5, 5.41) is 13.7. The highest BCUT2D eigenvalue weighted by atomic mass is 35.5. The van der Waals surface area contributed by atoms with Gasteiger partial charge in [-0.2, -0.15) is 0 Å². The molecule has 0 unspecified atom stereocenters. The number of carbonyl (C=O) groups excluding carboxylic acids is 1. The minimum absolute atomic E-state index is 0.0230. The Kier molecular flexibility index (Phi) is 2.24. The summed E-state index contributed by atoms with van der Waals surface area (Å²) in [4.78, 5) is 11.2. The molecule has 1 aliphatic heterocycles. The summed E-state index contributed by atoms with van der Waals surface area (Å²) in [6.45, 7) is 0. The monoisotopic (exact) mass is 228 g/mol. The van der Waals surface area contributed by atoms with Gasteiger partial charge in [0.15, 0.2) is 0 Å². The zero-order chi connectivity index (χ0) is 11.0. The third kappa shape index (κ3) is 1.61. The third-order valence-electron chi connectivity index (χ3n) is 1.95. The molecule has 78 valence electrons. The van der Waals surface area contributed by atoms with Crippen LogP contribution in [0.2, 0.25) is 5.02 Å². The van der Waals surface area contributed by atoms with E-state index in [9.17, 15) is 9.18 Å². The van der Waals surface area contributed by atoms with Gasteiger partial charge in [-0.15, -0.1) is 0 Å². The van der Waals surface area contributed by atoms with Crippen molar-refractivity contribution in [3.05, 3.63) is 34.9 Å². The lowest BCUT2D eigenvalue weighted by molar-refractivity contribution is -0.112. The highest BCUT2D eigenvalue weighted by Gasteiger charge is 2.21. The fourth-order valence-electron chi connectivity index (χ4n) is 1.24. The lowest BCUT2D eigenvalue weighted by Crippen LogP contribution is -2.25. The van der Waals surface area contributed by atoms with E-state index >= 15 is 0 Å². The topological polar surface area (TPSA) is 61.4 Å². The number of rotatable bonds is 0. The van der Waals surface area contributed by atoms with E-state index in [1.165, 1.54) is 6.07 Å². The van der Waals surface area contributed by atoms with Crippen molar-refractivity contribution in [2.75, 3.05) is 10.6 Å². The molecular weight excluding hydrogens is 223 g/mol. The van der Waals surface area contributed by atoms with E-state index in [4.69, 9.17) is 16.7 Å². The maximum Gasteiger partial charge on any atom is 0.275 e. The van der Waals surface area contributed by atoms with Crippen LogP contribution in [0.4, 0.5) is 15.8 Å². The number of benzene rings is 1. The molecule has 0 saturated heterocycles. The normalized spacial score (nSPS) is 16.9. The molecule has 4 nitrogen and oxygen atoms in total. The summed E-state index contributed by atoms with van der Waals surface area (Å²) in [6.07, 6.45) is 0.634. The van der Waals surface area contributed by atoms with Crippen LogP contribution in [0.1, 0.15) is 0 Å². The van der Waals surface area contributed by atoms with Gasteiger partial charge in [-0.05, 0) is 6.07 Å². The van der Waals surface area contributed by atoms with Crippen molar-refractivity contribution in [1.82, 2.24) is 0 Å². The highest BCUT2D eigenvalue weighted by molar-refractivity contribution is 6.31. The number of anilines is 2. The molecule has 0 aromatic heterocycles. The molecule has 2 rings (SSSR count). The molecule has 15 heavy (non-hydrogen) atoms. The van der Waals surface area contributed by atoms with Gasteiger partial charge < -0.3 is 15.7 Å². The smallest absolute Gasteiger partial charge is 0.275 e. The summed E-state index contributed by atoms with van der Waals surface area (Å²) in [6, 6.07) is 2.44. The zero-order valence-electron chi connectivity index (χ0n) is 7.34. The molecule has 0 saturated carbocycles. The first-order valence-electron chi connectivity index (χ1n) is 4.03. The molecule has 1 aromatic carbocycles. The summed E-state index contributed by atoms with van der Waals surface area (Å²) in [5.74, 6) is -1.15. The average Bonchev–Trinajstić information content (AvgIpc) is 2.20. The molecule has 1 aromatic rings. The van der Waals surface area contributed by atoms with Crippen LogP contribution in [0.15, 0.2) is 24.1 Å². The molecule has 0 aliphatic carbocycles. The summed E-state index contributed by atoms with van der Waals surface area (Å²) in [5.41, 5.74) is 0.693. The number of nitrogens with one attached hydrogen (secondary N) is 2. The van der Waals surface area contributed by atoms with Crippen LogP contribution in [-0.2, 0) is 4.79 Å². The van der Waals surface area contributed by atoms with Crippen molar-refractivity contribution in [2.45, 2.75) is 0 Å². The van der Waals surface area contributed by atoms with Crippen LogP contribution < -0.4 is 10.6 Å². The van der Waals surface area contributed by atoms with Gasteiger partial charge in [0.05, 0.1) is 16.4 Å². The number of hydrogen-bond donors (Lipinski definition) is 3. The fourth-order valence-corrected chi connectivity index (χ4v) is 1.40. The first-order chi connectivity index (χ1) is 7.11. The lowest BCUT2D eigenvalue weighted by Gasteiger charge is -2.20. The van der Waals surface area contributed by atoms with Crippen LogP contribution in [-0.4, -0.2) is 11.0 Å². The quantitative estimate of drug-likeness (QED) is 0.471. The molecule has 0 radical (unpaired) electrons. The summed E-state index contributed by atoms with van der Waals surface area (Å²) in [7, 11) is 0. The van der Waals surface area contributed by atoms with Crippen LogP contribution in [0.3, 0.4) is 0 Å². The number of hydrogen-bond acceptors (Lipinski definition) is 3. The number of carbonyl (C=O) groups is 1.